The molecule has 2 aromatic carbocycles. The summed E-state index contributed by atoms with van der Waals surface area (Å²) in [5.74, 6) is 1.14. The number of amides is 1. The van der Waals surface area contributed by atoms with E-state index in [9.17, 15) is 4.79 Å². The molecular weight excluding hydrogens is 372 g/mol. The number of hydrogen-bond acceptors (Lipinski definition) is 4. The lowest BCUT2D eigenvalue weighted by atomic mass is 10.2. The molecule has 0 aliphatic heterocycles. The number of nitrogens with one attached hydrogen (secondary N) is 1. The zero-order valence-corrected chi connectivity index (χ0v) is 13.9. The molecule has 0 radical (unpaired) electrons. The molecule has 1 amide bonds. The van der Waals surface area contributed by atoms with Crippen LogP contribution < -0.4 is 10.1 Å². The van der Waals surface area contributed by atoms with Crippen molar-refractivity contribution >= 4 is 27.5 Å². The fourth-order valence-electron chi connectivity index (χ4n) is 1.97. The van der Waals surface area contributed by atoms with Crippen LogP contribution in [-0.4, -0.2) is 5.91 Å². The number of halogens is 1. The molecule has 3 aromatic rings. The van der Waals surface area contributed by atoms with Crippen LogP contribution in [0.3, 0.4) is 0 Å². The number of benzene rings is 2. The van der Waals surface area contributed by atoms with E-state index in [2.05, 4.69) is 27.3 Å². The zero-order valence-electron chi connectivity index (χ0n) is 12.3. The first kappa shape index (κ1) is 15.8. The van der Waals surface area contributed by atoms with E-state index in [0.717, 1.165) is 0 Å². The molecule has 0 bridgehead atoms. The zero-order chi connectivity index (χ0) is 16.9. The molecule has 1 aromatic heterocycles. The molecule has 0 unspecified atom stereocenters. The third-order valence-electron chi connectivity index (χ3n) is 3.13. The van der Waals surface area contributed by atoms with Gasteiger partial charge in [-0.15, -0.1) is 0 Å². The van der Waals surface area contributed by atoms with Crippen LogP contribution in [-0.2, 0) is 0 Å². The summed E-state index contributed by atoms with van der Waals surface area (Å²) < 4.78 is 11.4. The number of carbonyl (C=O) groups excluding carboxylic acids is 1. The first-order valence-corrected chi connectivity index (χ1v) is 7.78. The van der Waals surface area contributed by atoms with Crippen molar-refractivity contribution in [2.45, 2.75) is 0 Å². The maximum Gasteiger partial charge on any atom is 0.291 e. The van der Waals surface area contributed by atoms with Crippen LogP contribution in [0.5, 0.6) is 11.5 Å². The van der Waals surface area contributed by atoms with Gasteiger partial charge in [0.2, 0.25) is 0 Å². The quantitative estimate of drug-likeness (QED) is 0.691. The lowest BCUT2D eigenvalue weighted by Crippen LogP contribution is -2.10. The summed E-state index contributed by atoms with van der Waals surface area (Å²) in [7, 11) is 0. The van der Waals surface area contributed by atoms with E-state index in [1.165, 1.54) is 0 Å². The third-order valence-corrected chi connectivity index (χ3v) is 3.55. The summed E-state index contributed by atoms with van der Waals surface area (Å²) in [5.41, 5.74) is 1.20. The van der Waals surface area contributed by atoms with Crippen LogP contribution in [0.15, 0.2) is 69.8 Å². The number of carbonyl (C=O) groups is 1. The molecule has 0 aliphatic carbocycles. The van der Waals surface area contributed by atoms with Gasteiger partial charge in [0.15, 0.2) is 10.4 Å². The minimum absolute atomic E-state index is 0.222. The predicted octanol–water partition coefficient (Wildman–Crippen LogP) is 4.96. The standard InChI is InChI=1S/C18H11BrN2O3/c19-17-10-9-16(24-17)18(22)21-13-3-7-15(8-4-13)23-14-5-1-12(11-20)2-6-14/h1-10H,(H,21,22). The van der Waals surface area contributed by atoms with Crippen molar-refractivity contribution in [3.8, 4) is 17.6 Å². The second kappa shape index (κ2) is 7.02. The van der Waals surface area contributed by atoms with Gasteiger partial charge in [0.05, 0.1) is 11.6 Å². The topological polar surface area (TPSA) is 75.3 Å². The predicted molar refractivity (Wildman–Crippen MR) is 92.0 cm³/mol. The van der Waals surface area contributed by atoms with E-state index in [1.54, 1.807) is 60.7 Å². The fraction of sp³-hybridized carbons (Fsp3) is 0. The number of ether oxygens (including phenoxy) is 1. The van der Waals surface area contributed by atoms with Gasteiger partial charge in [-0.1, -0.05) is 0 Å². The van der Waals surface area contributed by atoms with Gasteiger partial charge in [0.1, 0.15) is 11.5 Å². The highest BCUT2D eigenvalue weighted by atomic mass is 79.9. The average molecular weight is 383 g/mol. The number of rotatable bonds is 4. The summed E-state index contributed by atoms with van der Waals surface area (Å²) in [6, 6.07) is 19.1. The van der Waals surface area contributed by atoms with Gasteiger partial charge in [0, 0.05) is 5.69 Å². The molecule has 0 aliphatic rings. The molecule has 0 saturated heterocycles. The highest BCUT2D eigenvalue weighted by molar-refractivity contribution is 9.10. The molecule has 1 N–H and O–H groups in total. The second-order valence-corrected chi connectivity index (χ2v) is 5.60. The van der Waals surface area contributed by atoms with Crippen LogP contribution in [0.2, 0.25) is 0 Å². The monoisotopic (exact) mass is 382 g/mol. The molecule has 118 valence electrons. The van der Waals surface area contributed by atoms with E-state index in [-0.39, 0.29) is 11.7 Å². The Balaban J connectivity index is 1.64. The van der Waals surface area contributed by atoms with Crippen molar-refractivity contribution in [3.63, 3.8) is 0 Å². The summed E-state index contributed by atoms with van der Waals surface area (Å²) in [5, 5.41) is 11.5. The van der Waals surface area contributed by atoms with Crippen LogP contribution in [0.4, 0.5) is 5.69 Å². The number of furan rings is 1. The average Bonchev–Trinajstić information content (AvgIpc) is 3.04. The van der Waals surface area contributed by atoms with Gasteiger partial charge >= 0.3 is 0 Å². The Labute approximate surface area is 146 Å². The molecule has 0 fully saturated rings. The van der Waals surface area contributed by atoms with Gasteiger partial charge in [0.25, 0.3) is 5.91 Å². The lowest BCUT2D eigenvalue weighted by molar-refractivity contribution is 0.0995. The molecule has 1 heterocycles. The SMILES string of the molecule is N#Cc1ccc(Oc2ccc(NC(=O)c3ccc(Br)o3)cc2)cc1. The molecule has 0 saturated carbocycles. The maximum atomic E-state index is 12.0. The van der Waals surface area contributed by atoms with Crippen molar-refractivity contribution in [1.82, 2.24) is 0 Å². The van der Waals surface area contributed by atoms with E-state index < -0.39 is 0 Å². The molecule has 6 heteroatoms. The van der Waals surface area contributed by atoms with E-state index >= 15 is 0 Å². The van der Waals surface area contributed by atoms with Gasteiger partial charge in [-0.25, -0.2) is 0 Å². The fourth-order valence-corrected chi connectivity index (χ4v) is 2.28. The van der Waals surface area contributed by atoms with Gasteiger partial charge in [-0.2, -0.15) is 5.26 Å². The lowest BCUT2D eigenvalue weighted by Gasteiger charge is -2.07. The van der Waals surface area contributed by atoms with Crippen LogP contribution in [0, 0.1) is 11.3 Å². The summed E-state index contributed by atoms with van der Waals surface area (Å²) in [6.45, 7) is 0. The molecule has 0 atom stereocenters. The highest BCUT2D eigenvalue weighted by Crippen LogP contribution is 2.24. The second-order valence-electron chi connectivity index (χ2n) is 4.82. The minimum Gasteiger partial charge on any atom is -0.457 e. The van der Waals surface area contributed by atoms with Gasteiger partial charge in [-0.05, 0) is 76.6 Å². The first-order chi connectivity index (χ1) is 11.6. The van der Waals surface area contributed by atoms with Crippen LogP contribution in [0.25, 0.3) is 0 Å². The number of hydrogen-bond donors (Lipinski definition) is 1. The Morgan fingerprint density at radius 3 is 2.17 bits per heavy atom. The largest absolute Gasteiger partial charge is 0.457 e. The molecule has 5 nitrogen and oxygen atoms in total. The first-order valence-electron chi connectivity index (χ1n) is 6.99. The minimum atomic E-state index is -0.332. The van der Waals surface area contributed by atoms with E-state index in [4.69, 9.17) is 14.4 Å². The molecule has 24 heavy (non-hydrogen) atoms. The third kappa shape index (κ3) is 3.83. The summed E-state index contributed by atoms with van der Waals surface area (Å²) in [4.78, 5) is 12.0. The normalized spacial score (nSPS) is 10.0. The van der Waals surface area contributed by atoms with Crippen LogP contribution >= 0.6 is 15.9 Å². The van der Waals surface area contributed by atoms with E-state index in [0.29, 0.717) is 27.4 Å². The number of nitriles is 1. The van der Waals surface area contributed by atoms with Crippen molar-refractivity contribution in [1.29, 1.82) is 5.26 Å². The molecular formula is C18H11BrN2O3. The molecule has 0 spiro atoms. The Hall–Kier alpha value is -3.04. The van der Waals surface area contributed by atoms with E-state index in [1.807, 2.05) is 0 Å². The van der Waals surface area contributed by atoms with Gasteiger partial charge < -0.3 is 14.5 Å². The van der Waals surface area contributed by atoms with Crippen molar-refractivity contribution in [2.24, 2.45) is 0 Å². The number of nitrogens with zero attached hydrogens (tertiary/aromatic N) is 1. The van der Waals surface area contributed by atoms with Crippen molar-refractivity contribution in [3.05, 3.63) is 76.7 Å². The Bertz CT molecular complexity index is 893. The van der Waals surface area contributed by atoms with Crippen molar-refractivity contribution < 1.29 is 13.9 Å². The van der Waals surface area contributed by atoms with Crippen LogP contribution in [0.1, 0.15) is 16.1 Å². The summed E-state index contributed by atoms with van der Waals surface area (Å²) >= 11 is 3.15. The Morgan fingerprint density at radius 2 is 1.62 bits per heavy atom. The smallest absolute Gasteiger partial charge is 0.291 e. The summed E-state index contributed by atoms with van der Waals surface area (Å²) in [6.07, 6.45) is 0. The Morgan fingerprint density at radius 1 is 1.00 bits per heavy atom. The molecule has 3 rings (SSSR count). The van der Waals surface area contributed by atoms with Crippen molar-refractivity contribution in [2.75, 3.05) is 5.32 Å². The Kier molecular flexibility index (Phi) is 4.64. The highest BCUT2D eigenvalue weighted by Gasteiger charge is 2.10. The number of anilines is 1. The van der Waals surface area contributed by atoms with Gasteiger partial charge in [-0.3, -0.25) is 4.79 Å². The maximum absolute atomic E-state index is 12.0.